The number of aryl methyl sites for hydroxylation is 1. The largest absolute Gasteiger partial charge is 0.300 e. The molecule has 21 heavy (non-hydrogen) atoms. The van der Waals surface area contributed by atoms with Crippen LogP contribution in [0.15, 0.2) is 0 Å². The normalized spacial score (nSPS) is 19.7. The van der Waals surface area contributed by atoms with E-state index in [1.54, 1.807) is 0 Å². The summed E-state index contributed by atoms with van der Waals surface area (Å²) in [6.45, 7) is 6.61. The molecule has 5 nitrogen and oxygen atoms in total. The van der Waals surface area contributed by atoms with Crippen molar-refractivity contribution in [2.75, 3.05) is 13.1 Å². The van der Waals surface area contributed by atoms with Crippen LogP contribution < -0.4 is 11.3 Å². The number of likely N-dealkylation sites (tertiary alicyclic amines) is 1. The molecule has 6 heteroatoms. The Hall–Kier alpha value is -0.980. The van der Waals surface area contributed by atoms with Crippen LogP contribution in [-0.4, -0.2) is 34.9 Å². The van der Waals surface area contributed by atoms with Gasteiger partial charge >= 0.3 is 0 Å². The van der Waals surface area contributed by atoms with Crippen molar-refractivity contribution >= 4 is 17.2 Å². The molecule has 0 bridgehead atoms. The SMILES string of the molecule is CCCc1nc(CCN2CCCCC2C)sc1C(=O)NN. The van der Waals surface area contributed by atoms with Gasteiger partial charge in [0.25, 0.3) is 5.91 Å². The molecule has 1 unspecified atom stereocenters. The van der Waals surface area contributed by atoms with Gasteiger partial charge in [-0.05, 0) is 32.7 Å². The van der Waals surface area contributed by atoms with E-state index in [0.717, 1.165) is 36.5 Å². The van der Waals surface area contributed by atoms with Crippen LogP contribution in [0.1, 0.15) is 59.9 Å². The molecule has 118 valence electrons. The van der Waals surface area contributed by atoms with Crippen molar-refractivity contribution in [3.05, 3.63) is 15.6 Å². The summed E-state index contributed by atoms with van der Waals surface area (Å²) in [7, 11) is 0. The fourth-order valence-corrected chi connectivity index (χ4v) is 3.89. The number of nitrogens with two attached hydrogens (primary N) is 1. The first kappa shape index (κ1) is 16.4. The van der Waals surface area contributed by atoms with Crippen LogP contribution in [-0.2, 0) is 12.8 Å². The fourth-order valence-electron chi connectivity index (χ4n) is 2.89. The van der Waals surface area contributed by atoms with Gasteiger partial charge in [-0.25, -0.2) is 10.8 Å². The van der Waals surface area contributed by atoms with Crippen molar-refractivity contribution in [3.63, 3.8) is 0 Å². The molecule has 1 aromatic heterocycles. The number of amides is 1. The van der Waals surface area contributed by atoms with E-state index in [4.69, 9.17) is 5.84 Å². The summed E-state index contributed by atoms with van der Waals surface area (Å²) < 4.78 is 0. The average Bonchev–Trinajstić information content (AvgIpc) is 2.89. The Morgan fingerprint density at radius 1 is 1.48 bits per heavy atom. The molecule has 1 aromatic rings. The van der Waals surface area contributed by atoms with Crippen LogP contribution in [0.3, 0.4) is 0 Å². The first-order chi connectivity index (χ1) is 10.2. The van der Waals surface area contributed by atoms with Crippen molar-refractivity contribution in [2.24, 2.45) is 5.84 Å². The maximum absolute atomic E-state index is 11.8. The van der Waals surface area contributed by atoms with Gasteiger partial charge in [0.05, 0.1) is 10.7 Å². The van der Waals surface area contributed by atoms with E-state index in [0.29, 0.717) is 10.9 Å². The second kappa shape index (κ2) is 7.87. The van der Waals surface area contributed by atoms with Crippen molar-refractivity contribution < 1.29 is 4.79 Å². The lowest BCUT2D eigenvalue weighted by atomic mass is 10.0. The van der Waals surface area contributed by atoms with Gasteiger partial charge in [-0.1, -0.05) is 19.8 Å². The Labute approximate surface area is 130 Å². The zero-order chi connectivity index (χ0) is 15.2. The number of hydrogen-bond acceptors (Lipinski definition) is 5. The third-order valence-electron chi connectivity index (χ3n) is 4.12. The minimum Gasteiger partial charge on any atom is -0.300 e. The molecule has 1 fully saturated rings. The van der Waals surface area contributed by atoms with Crippen molar-refractivity contribution in [3.8, 4) is 0 Å². The van der Waals surface area contributed by atoms with Crippen molar-refractivity contribution in [1.29, 1.82) is 0 Å². The number of nitrogen functional groups attached to an aromatic ring is 1. The molecule has 2 heterocycles. The van der Waals surface area contributed by atoms with Gasteiger partial charge in [-0.15, -0.1) is 11.3 Å². The first-order valence-electron chi connectivity index (χ1n) is 7.89. The molecule has 0 aliphatic carbocycles. The molecule has 0 spiro atoms. The molecule has 0 aromatic carbocycles. The lowest BCUT2D eigenvalue weighted by molar-refractivity contribution is 0.0956. The molecule has 0 radical (unpaired) electrons. The van der Waals surface area contributed by atoms with E-state index < -0.39 is 0 Å². The van der Waals surface area contributed by atoms with Gasteiger partial charge < -0.3 is 4.90 Å². The Balaban J connectivity index is 2.01. The van der Waals surface area contributed by atoms with Gasteiger partial charge in [-0.3, -0.25) is 10.2 Å². The molecular formula is C15H26N4OS. The van der Waals surface area contributed by atoms with E-state index in [-0.39, 0.29) is 5.91 Å². The number of carbonyl (C=O) groups excluding carboxylic acids is 1. The Morgan fingerprint density at radius 3 is 2.95 bits per heavy atom. The highest BCUT2D eigenvalue weighted by atomic mass is 32.1. The number of hydrogen-bond donors (Lipinski definition) is 2. The number of rotatable bonds is 6. The Morgan fingerprint density at radius 2 is 2.29 bits per heavy atom. The standard InChI is InChI=1S/C15H26N4OS/c1-3-6-12-14(15(20)18-16)21-13(17-12)8-10-19-9-5-4-7-11(19)2/h11H,3-10,16H2,1-2H3,(H,18,20). The number of aromatic nitrogens is 1. The number of thiazole rings is 1. The van der Waals surface area contributed by atoms with Crippen LogP contribution in [0.2, 0.25) is 0 Å². The second-order valence-corrected chi connectivity index (χ2v) is 6.82. The summed E-state index contributed by atoms with van der Waals surface area (Å²) in [6, 6.07) is 0.667. The summed E-state index contributed by atoms with van der Waals surface area (Å²) >= 11 is 1.49. The van der Waals surface area contributed by atoms with Gasteiger partial charge in [0.1, 0.15) is 4.88 Å². The summed E-state index contributed by atoms with van der Waals surface area (Å²) in [4.78, 5) is 19.7. The lowest BCUT2D eigenvalue weighted by Crippen LogP contribution is -2.38. The number of nitrogens with zero attached hydrogens (tertiary/aromatic N) is 2. The first-order valence-corrected chi connectivity index (χ1v) is 8.71. The average molecular weight is 310 g/mol. The van der Waals surface area contributed by atoms with E-state index >= 15 is 0 Å². The number of hydrazine groups is 1. The highest BCUT2D eigenvalue weighted by Crippen LogP contribution is 2.22. The molecule has 1 amide bonds. The molecule has 2 rings (SSSR count). The van der Waals surface area contributed by atoms with E-state index in [1.807, 2.05) is 0 Å². The van der Waals surface area contributed by atoms with Crippen LogP contribution in [0.4, 0.5) is 0 Å². The third-order valence-corrected chi connectivity index (χ3v) is 5.28. The van der Waals surface area contributed by atoms with Crippen molar-refractivity contribution in [1.82, 2.24) is 15.3 Å². The highest BCUT2D eigenvalue weighted by molar-refractivity contribution is 7.13. The quantitative estimate of drug-likeness (QED) is 0.479. The van der Waals surface area contributed by atoms with E-state index in [1.165, 1.54) is 37.1 Å². The molecule has 0 saturated carbocycles. The molecule has 1 aliphatic rings. The van der Waals surface area contributed by atoms with E-state index in [9.17, 15) is 4.79 Å². The predicted octanol–water partition coefficient (Wildman–Crippen LogP) is 2.12. The third kappa shape index (κ3) is 4.25. The number of piperidine rings is 1. The molecule has 1 atom stereocenters. The van der Waals surface area contributed by atoms with Crippen LogP contribution in [0.5, 0.6) is 0 Å². The Kier molecular flexibility index (Phi) is 6.14. The summed E-state index contributed by atoms with van der Waals surface area (Å²) in [6.07, 6.45) is 6.67. The van der Waals surface area contributed by atoms with E-state index in [2.05, 4.69) is 29.2 Å². The Bertz CT molecular complexity index is 474. The van der Waals surface area contributed by atoms with Gasteiger partial charge in [0.2, 0.25) is 0 Å². The van der Waals surface area contributed by atoms with Gasteiger partial charge in [-0.2, -0.15) is 0 Å². The molecular weight excluding hydrogens is 284 g/mol. The maximum Gasteiger partial charge on any atom is 0.277 e. The minimum atomic E-state index is -0.214. The monoisotopic (exact) mass is 310 g/mol. The molecule has 1 saturated heterocycles. The summed E-state index contributed by atoms with van der Waals surface area (Å²) in [5.74, 6) is 5.04. The number of nitrogens with one attached hydrogen (secondary N) is 1. The van der Waals surface area contributed by atoms with Crippen molar-refractivity contribution in [2.45, 2.75) is 58.4 Å². The predicted molar refractivity (Wildman–Crippen MR) is 86.4 cm³/mol. The smallest absolute Gasteiger partial charge is 0.277 e. The minimum absolute atomic E-state index is 0.214. The zero-order valence-electron chi connectivity index (χ0n) is 13.0. The van der Waals surface area contributed by atoms with Crippen LogP contribution in [0.25, 0.3) is 0 Å². The lowest BCUT2D eigenvalue weighted by Gasteiger charge is -2.32. The second-order valence-electron chi connectivity index (χ2n) is 5.74. The molecule has 3 N–H and O–H groups in total. The fraction of sp³-hybridized carbons (Fsp3) is 0.733. The summed E-state index contributed by atoms with van der Waals surface area (Å²) in [5.41, 5.74) is 3.12. The number of carbonyl (C=O) groups is 1. The zero-order valence-corrected chi connectivity index (χ0v) is 13.8. The maximum atomic E-state index is 11.8. The topological polar surface area (TPSA) is 71.2 Å². The van der Waals surface area contributed by atoms with Crippen LogP contribution >= 0.6 is 11.3 Å². The van der Waals surface area contributed by atoms with Gasteiger partial charge in [0.15, 0.2) is 0 Å². The molecule has 1 aliphatic heterocycles. The highest BCUT2D eigenvalue weighted by Gasteiger charge is 2.20. The van der Waals surface area contributed by atoms with Gasteiger partial charge in [0, 0.05) is 19.0 Å². The van der Waals surface area contributed by atoms with Crippen LogP contribution in [0, 0.1) is 0 Å². The summed E-state index contributed by atoms with van der Waals surface area (Å²) in [5, 5.41) is 1.05.